The zero-order valence-corrected chi connectivity index (χ0v) is 15.8. The number of halogens is 1. The second-order valence-electron chi connectivity index (χ2n) is 7.25. The minimum absolute atomic E-state index is 0.0227. The van der Waals surface area contributed by atoms with Crippen molar-refractivity contribution in [3.05, 3.63) is 53.1 Å². The molecule has 0 radical (unpaired) electrons. The van der Waals surface area contributed by atoms with E-state index >= 15 is 0 Å². The largest absolute Gasteiger partial charge is 0.482 e. The number of nitrogens with zero attached hydrogens (tertiary/aromatic N) is 1. The number of carbonyl (C=O) groups excluding carboxylic acids is 2. The van der Waals surface area contributed by atoms with Gasteiger partial charge in [-0.3, -0.25) is 9.59 Å². The lowest BCUT2D eigenvalue weighted by Gasteiger charge is -2.30. The Morgan fingerprint density at radius 1 is 1.23 bits per heavy atom. The molecule has 5 nitrogen and oxygen atoms in total. The van der Waals surface area contributed by atoms with E-state index in [0.717, 1.165) is 5.56 Å². The number of ether oxygens (including phenoxy) is 1. The summed E-state index contributed by atoms with van der Waals surface area (Å²) in [6.07, 6.45) is 0. The van der Waals surface area contributed by atoms with Crippen LogP contribution in [0.1, 0.15) is 26.3 Å². The zero-order chi connectivity index (χ0) is 18.9. The Kier molecular flexibility index (Phi) is 4.92. The van der Waals surface area contributed by atoms with Gasteiger partial charge in [0.05, 0.1) is 12.2 Å². The number of fused-ring (bicyclic) bond motifs is 1. The second-order valence-corrected chi connectivity index (χ2v) is 7.65. The molecule has 0 saturated heterocycles. The van der Waals surface area contributed by atoms with Crippen LogP contribution in [0.25, 0.3) is 0 Å². The van der Waals surface area contributed by atoms with Crippen LogP contribution in [0.4, 0.5) is 11.4 Å². The maximum atomic E-state index is 12.4. The molecule has 136 valence electrons. The number of amides is 2. The standard InChI is InChI=1S/C20H21ClN2O3/c1-20(2,3)19(25)22-14-8-9-17-16(10-14)23(18(24)12-26-17)11-13-6-4-5-7-15(13)21/h4-10H,11-12H2,1-3H3,(H,22,25). The molecule has 1 heterocycles. The predicted octanol–water partition coefficient (Wildman–Crippen LogP) is 4.25. The smallest absolute Gasteiger partial charge is 0.265 e. The molecule has 1 aliphatic rings. The van der Waals surface area contributed by atoms with Gasteiger partial charge in [-0.1, -0.05) is 50.6 Å². The molecular weight excluding hydrogens is 352 g/mol. The van der Waals surface area contributed by atoms with Crippen molar-refractivity contribution in [3.63, 3.8) is 0 Å². The maximum Gasteiger partial charge on any atom is 0.265 e. The van der Waals surface area contributed by atoms with E-state index in [-0.39, 0.29) is 18.4 Å². The lowest BCUT2D eigenvalue weighted by molar-refractivity contribution is -0.123. The fourth-order valence-electron chi connectivity index (χ4n) is 2.57. The summed E-state index contributed by atoms with van der Waals surface area (Å²) in [5.74, 6) is 0.347. The Hall–Kier alpha value is -2.53. The number of carbonyl (C=O) groups is 2. The summed E-state index contributed by atoms with van der Waals surface area (Å²) in [5, 5.41) is 3.49. The molecular formula is C20H21ClN2O3. The monoisotopic (exact) mass is 372 g/mol. The topological polar surface area (TPSA) is 58.6 Å². The molecule has 0 bridgehead atoms. The van der Waals surface area contributed by atoms with Crippen molar-refractivity contribution >= 4 is 34.8 Å². The molecule has 2 amide bonds. The van der Waals surface area contributed by atoms with Crippen LogP contribution in [-0.2, 0) is 16.1 Å². The van der Waals surface area contributed by atoms with Crippen molar-refractivity contribution in [2.45, 2.75) is 27.3 Å². The van der Waals surface area contributed by atoms with E-state index in [9.17, 15) is 9.59 Å². The van der Waals surface area contributed by atoms with Gasteiger partial charge >= 0.3 is 0 Å². The van der Waals surface area contributed by atoms with E-state index in [1.165, 1.54) is 0 Å². The summed E-state index contributed by atoms with van der Waals surface area (Å²) in [6.45, 7) is 5.85. The van der Waals surface area contributed by atoms with Crippen molar-refractivity contribution in [2.24, 2.45) is 5.41 Å². The number of rotatable bonds is 3. The van der Waals surface area contributed by atoms with E-state index in [2.05, 4.69) is 5.32 Å². The molecule has 0 unspecified atom stereocenters. The molecule has 0 atom stereocenters. The number of hydrogen-bond acceptors (Lipinski definition) is 3. The summed E-state index contributed by atoms with van der Waals surface area (Å²) in [5.41, 5.74) is 1.57. The van der Waals surface area contributed by atoms with Gasteiger partial charge in [-0.05, 0) is 29.8 Å². The average molecular weight is 373 g/mol. The Morgan fingerprint density at radius 3 is 2.65 bits per heavy atom. The summed E-state index contributed by atoms with van der Waals surface area (Å²) in [7, 11) is 0. The van der Waals surface area contributed by atoms with Crippen LogP contribution in [0.5, 0.6) is 5.75 Å². The van der Waals surface area contributed by atoms with Gasteiger partial charge in [0.25, 0.3) is 5.91 Å². The predicted molar refractivity (Wildman–Crippen MR) is 103 cm³/mol. The van der Waals surface area contributed by atoms with Gasteiger partial charge in [-0.25, -0.2) is 0 Å². The fourth-order valence-corrected chi connectivity index (χ4v) is 2.76. The molecule has 1 N–H and O–H groups in total. The Labute approximate surface area is 157 Å². The second kappa shape index (κ2) is 7.00. The summed E-state index contributed by atoms with van der Waals surface area (Å²) in [6, 6.07) is 12.7. The van der Waals surface area contributed by atoms with E-state index in [1.807, 2.05) is 39.0 Å². The Balaban J connectivity index is 1.92. The van der Waals surface area contributed by atoms with Gasteiger partial charge in [0.2, 0.25) is 5.91 Å². The first-order valence-electron chi connectivity index (χ1n) is 8.38. The molecule has 0 saturated carbocycles. The minimum Gasteiger partial charge on any atom is -0.482 e. The highest BCUT2D eigenvalue weighted by Gasteiger charge is 2.27. The molecule has 6 heteroatoms. The summed E-state index contributed by atoms with van der Waals surface area (Å²) < 4.78 is 5.52. The van der Waals surface area contributed by atoms with Crippen LogP contribution in [0.15, 0.2) is 42.5 Å². The van der Waals surface area contributed by atoms with Crippen molar-refractivity contribution in [2.75, 3.05) is 16.8 Å². The van der Waals surface area contributed by atoms with E-state index in [1.54, 1.807) is 29.2 Å². The lowest BCUT2D eigenvalue weighted by Crippen LogP contribution is -2.38. The average Bonchev–Trinajstić information content (AvgIpc) is 2.58. The Bertz CT molecular complexity index is 858. The number of anilines is 2. The number of hydrogen-bond donors (Lipinski definition) is 1. The van der Waals surface area contributed by atoms with Gasteiger partial charge in [-0.2, -0.15) is 0 Å². The fraction of sp³-hybridized carbons (Fsp3) is 0.300. The molecule has 3 rings (SSSR count). The lowest BCUT2D eigenvalue weighted by atomic mass is 9.95. The first kappa shape index (κ1) is 18.3. The summed E-state index contributed by atoms with van der Waals surface area (Å²) in [4.78, 5) is 26.3. The zero-order valence-electron chi connectivity index (χ0n) is 15.0. The molecule has 0 aliphatic carbocycles. The third-order valence-corrected chi connectivity index (χ3v) is 4.50. The number of nitrogens with one attached hydrogen (secondary N) is 1. The van der Waals surface area contributed by atoms with Crippen LogP contribution in [0, 0.1) is 5.41 Å². The van der Waals surface area contributed by atoms with Crippen LogP contribution >= 0.6 is 11.6 Å². The third kappa shape index (κ3) is 3.83. The quantitative estimate of drug-likeness (QED) is 0.876. The molecule has 0 spiro atoms. The number of benzene rings is 2. The van der Waals surface area contributed by atoms with Gasteiger partial charge in [-0.15, -0.1) is 0 Å². The highest BCUT2D eigenvalue weighted by Crippen LogP contribution is 2.36. The molecule has 1 aliphatic heterocycles. The van der Waals surface area contributed by atoms with Crippen LogP contribution < -0.4 is 15.0 Å². The first-order chi connectivity index (χ1) is 12.3. The molecule has 2 aromatic carbocycles. The molecule has 2 aromatic rings. The van der Waals surface area contributed by atoms with Crippen LogP contribution in [0.3, 0.4) is 0 Å². The van der Waals surface area contributed by atoms with Crippen LogP contribution in [0.2, 0.25) is 5.02 Å². The normalized spacial score (nSPS) is 13.8. The van der Waals surface area contributed by atoms with Crippen molar-refractivity contribution in [1.29, 1.82) is 0 Å². The minimum atomic E-state index is -0.514. The SMILES string of the molecule is CC(C)(C)C(=O)Nc1ccc2c(c1)N(Cc1ccccc1Cl)C(=O)CO2. The van der Waals surface area contributed by atoms with Gasteiger partial charge in [0.15, 0.2) is 6.61 Å². The van der Waals surface area contributed by atoms with Crippen molar-refractivity contribution < 1.29 is 14.3 Å². The van der Waals surface area contributed by atoms with Gasteiger partial charge in [0, 0.05) is 16.1 Å². The Morgan fingerprint density at radius 2 is 1.96 bits per heavy atom. The van der Waals surface area contributed by atoms with E-state index in [0.29, 0.717) is 28.7 Å². The molecule has 0 aromatic heterocycles. The van der Waals surface area contributed by atoms with Crippen molar-refractivity contribution in [1.82, 2.24) is 0 Å². The highest BCUT2D eigenvalue weighted by atomic mass is 35.5. The maximum absolute atomic E-state index is 12.4. The van der Waals surface area contributed by atoms with E-state index in [4.69, 9.17) is 16.3 Å². The van der Waals surface area contributed by atoms with Crippen molar-refractivity contribution in [3.8, 4) is 5.75 Å². The molecule has 0 fully saturated rings. The van der Waals surface area contributed by atoms with Gasteiger partial charge < -0.3 is 15.0 Å². The highest BCUT2D eigenvalue weighted by molar-refractivity contribution is 6.31. The third-order valence-electron chi connectivity index (χ3n) is 4.13. The van der Waals surface area contributed by atoms with Crippen LogP contribution in [-0.4, -0.2) is 18.4 Å². The summed E-state index contributed by atoms with van der Waals surface area (Å²) >= 11 is 6.24. The van der Waals surface area contributed by atoms with Gasteiger partial charge in [0.1, 0.15) is 5.75 Å². The molecule has 26 heavy (non-hydrogen) atoms. The van der Waals surface area contributed by atoms with E-state index < -0.39 is 5.41 Å². The first-order valence-corrected chi connectivity index (χ1v) is 8.75.